The molecule has 1 aliphatic heterocycles. The lowest BCUT2D eigenvalue weighted by Gasteiger charge is -2.10. The number of rotatable bonds is 4. The molecule has 0 bridgehead atoms. The smallest absolute Gasteiger partial charge is 0.152 e. The van der Waals surface area contributed by atoms with E-state index in [9.17, 15) is 0 Å². The van der Waals surface area contributed by atoms with E-state index in [1.165, 1.54) is 5.56 Å². The maximum Gasteiger partial charge on any atom is 0.152 e. The van der Waals surface area contributed by atoms with Gasteiger partial charge in [-0.15, -0.1) is 0 Å². The van der Waals surface area contributed by atoms with Crippen LogP contribution in [0.15, 0.2) is 43.0 Å². The van der Waals surface area contributed by atoms with Crippen molar-refractivity contribution in [3.05, 3.63) is 54.2 Å². The number of H-pyrrole nitrogens is 1. The van der Waals surface area contributed by atoms with Crippen LogP contribution >= 0.6 is 0 Å². The van der Waals surface area contributed by atoms with Gasteiger partial charge in [0.2, 0.25) is 0 Å². The zero-order valence-corrected chi connectivity index (χ0v) is 13.0. The highest BCUT2D eigenvalue weighted by molar-refractivity contribution is 5.61. The molecule has 0 unspecified atom stereocenters. The molecule has 3 aromatic rings. The second-order valence-corrected chi connectivity index (χ2v) is 5.81. The molecule has 3 heterocycles. The molecule has 1 saturated heterocycles. The van der Waals surface area contributed by atoms with Crippen LogP contribution in [0.5, 0.6) is 0 Å². The maximum absolute atomic E-state index is 5.68. The van der Waals surface area contributed by atoms with Gasteiger partial charge in [0.1, 0.15) is 0 Å². The minimum atomic E-state index is 0.151. The molecule has 6 nitrogen and oxygen atoms in total. The molecule has 2 aromatic heterocycles. The molecule has 4 rings (SSSR count). The first-order valence-corrected chi connectivity index (χ1v) is 7.82. The fraction of sp³-hybridized carbons (Fsp3) is 0.294. The second-order valence-electron chi connectivity index (χ2n) is 5.81. The first-order chi connectivity index (χ1) is 11.3. The predicted molar refractivity (Wildman–Crippen MR) is 88.1 cm³/mol. The van der Waals surface area contributed by atoms with Gasteiger partial charge in [-0.1, -0.05) is 6.07 Å². The van der Waals surface area contributed by atoms with E-state index in [1.54, 1.807) is 12.5 Å². The van der Waals surface area contributed by atoms with Gasteiger partial charge >= 0.3 is 0 Å². The number of anilines is 2. The highest BCUT2D eigenvalue weighted by Crippen LogP contribution is 2.29. The molecule has 1 fully saturated rings. The summed E-state index contributed by atoms with van der Waals surface area (Å²) in [5.74, 6) is 0.802. The van der Waals surface area contributed by atoms with Gasteiger partial charge in [-0.25, -0.2) is 4.98 Å². The molecule has 1 aliphatic rings. The third-order valence-electron chi connectivity index (χ3n) is 4.14. The lowest BCUT2D eigenvalue weighted by Crippen LogP contribution is -1.97. The molecule has 2 N–H and O–H groups in total. The summed E-state index contributed by atoms with van der Waals surface area (Å²) in [5, 5.41) is 10.8. The molecular formula is C17H19N5O. The molecule has 0 saturated carbocycles. The molecule has 0 amide bonds. The fourth-order valence-electron chi connectivity index (χ4n) is 2.90. The summed E-state index contributed by atoms with van der Waals surface area (Å²) in [6, 6.07) is 8.26. The lowest BCUT2D eigenvalue weighted by atomic mass is 10.1. The Balaban J connectivity index is 1.56. The summed E-state index contributed by atoms with van der Waals surface area (Å²) in [7, 11) is 0. The summed E-state index contributed by atoms with van der Waals surface area (Å²) >= 11 is 0. The lowest BCUT2D eigenvalue weighted by molar-refractivity contribution is 0.108. The minimum Gasteiger partial charge on any atom is -0.372 e. The van der Waals surface area contributed by atoms with Crippen LogP contribution in [-0.4, -0.2) is 26.4 Å². The Hall–Kier alpha value is -2.60. The number of nitrogens with one attached hydrogen (secondary N) is 2. The monoisotopic (exact) mass is 309 g/mol. The van der Waals surface area contributed by atoms with Gasteiger partial charge in [0.05, 0.1) is 23.8 Å². The van der Waals surface area contributed by atoms with Crippen molar-refractivity contribution in [3.63, 3.8) is 0 Å². The summed E-state index contributed by atoms with van der Waals surface area (Å²) < 4.78 is 7.68. The Bertz CT molecular complexity index is 787. The molecule has 118 valence electrons. The van der Waals surface area contributed by atoms with Crippen LogP contribution in [0, 0.1) is 6.92 Å². The average molecular weight is 309 g/mol. The van der Waals surface area contributed by atoms with Gasteiger partial charge in [-0.2, -0.15) is 5.10 Å². The van der Waals surface area contributed by atoms with E-state index in [2.05, 4.69) is 45.6 Å². The molecule has 0 spiro atoms. The normalized spacial score (nSPS) is 17.5. The molecule has 6 heteroatoms. The number of aryl methyl sites for hydroxylation is 1. The fourth-order valence-corrected chi connectivity index (χ4v) is 2.90. The zero-order valence-electron chi connectivity index (χ0n) is 13.0. The van der Waals surface area contributed by atoms with Crippen molar-refractivity contribution < 1.29 is 4.74 Å². The van der Waals surface area contributed by atoms with Crippen LogP contribution in [0.4, 0.5) is 11.5 Å². The Morgan fingerprint density at radius 3 is 3.09 bits per heavy atom. The van der Waals surface area contributed by atoms with E-state index in [1.807, 2.05) is 16.8 Å². The predicted octanol–water partition coefficient (Wildman–Crippen LogP) is 3.50. The first kappa shape index (κ1) is 14.0. The number of ether oxygens (including phenoxy) is 1. The van der Waals surface area contributed by atoms with Crippen molar-refractivity contribution in [2.45, 2.75) is 25.9 Å². The quantitative estimate of drug-likeness (QED) is 0.774. The van der Waals surface area contributed by atoms with Crippen molar-refractivity contribution in [2.75, 3.05) is 11.9 Å². The van der Waals surface area contributed by atoms with E-state index in [4.69, 9.17) is 4.74 Å². The van der Waals surface area contributed by atoms with Crippen LogP contribution in [0.3, 0.4) is 0 Å². The van der Waals surface area contributed by atoms with Gasteiger partial charge in [-0.3, -0.25) is 5.10 Å². The van der Waals surface area contributed by atoms with Gasteiger partial charge in [0, 0.05) is 30.8 Å². The number of aromatic amines is 1. The van der Waals surface area contributed by atoms with Crippen molar-refractivity contribution >= 4 is 11.5 Å². The van der Waals surface area contributed by atoms with Crippen LogP contribution < -0.4 is 5.32 Å². The van der Waals surface area contributed by atoms with Gasteiger partial charge in [0.15, 0.2) is 5.82 Å². The van der Waals surface area contributed by atoms with Crippen LogP contribution in [0.2, 0.25) is 0 Å². The Morgan fingerprint density at radius 1 is 1.35 bits per heavy atom. The van der Waals surface area contributed by atoms with Crippen molar-refractivity contribution in [1.82, 2.24) is 19.7 Å². The molecule has 1 aromatic carbocycles. The van der Waals surface area contributed by atoms with Crippen LogP contribution in [-0.2, 0) is 4.74 Å². The Kier molecular flexibility index (Phi) is 3.59. The number of hydrogen-bond donors (Lipinski definition) is 2. The zero-order chi connectivity index (χ0) is 15.6. The highest BCUT2D eigenvalue weighted by Gasteiger charge is 2.19. The Morgan fingerprint density at radius 2 is 2.30 bits per heavy atom. The SMILES string of the molecule is Cc1ccc(Nc2cc([C@@H]3CCCO3)[nH]n2)cc1-n1ccnc1. The van der Waals surface area contributed by atoms with E-state index in [0.717, 1.165) is 42.3 Å². The summed E-state index contributed by atoms with van der Waals surface area (Å²) in [4.78, 5) is 4.11. The number of imidazole rings is 1. The number of nitrogens with zero attached hydrogens (tertiary/aromatic N) is 3. The third kappa shape index (κ3) is 2.85. The number of hydrogen-bond acceptors (Lipinski definition) is 4. The summed E-state index contributed by atoms with van der Waals surface area (Å²) in [6.07, 6.45) is 7.83. The van der Waals surface area contributed by atoms with E-state index < -0.39 is 0 Å². The van der Waals surface area contributed by atoms with Gasteiger partial charge < -0.3 is 14.6 Å². The summed E-state index contributed by atoms with van der Waals surface area (Å²) in [5.41, 5.74) is 4.31. The largest absolute Gasteiger partial charge is 0.372 e. The van der Waals surface area contributed by atoms with Crippen molar-refractivity contribution in [1.29, 1.82) is 0 Å². The summed E-state index contributed by atoms with van der Waals surface area (Å²) in [6.45, 7) is 2.92. The standard InChI is InChI=1S/C17H19N5O/c1-12-4-5-13(9-15(12)22-7-6-18-11-22)19-17-10-14(20-21-17)16-3-2-8-23-16/h4-7,9-11,16H,2-3,8H2,1H3,(H2,19,20,21)/t16-/m0/s1. The van der Waals surface area contributed by atoms with Crippen molar-refractivity contribution in [2.24, 2.45) is 0 Å². The van der Waals surface area contributed by atoms with Crippen molar-refractivity contribution in [3.8, 4) is 5.69 Å². The third-order valence-corrected chi connectivity index (χ3v) is 4.14. The average Bonchev–Trinajstić information content (AvgIpc) is 3.31. The van der Waals surface area contributed by atoms with Gasteiger partial charge in [0.25, 0.3) is 0 Å². The van der Waals surface area contributed by atoms with Gasteiger partial charge in [-0.05, 0) is 37.5 Å². The maximum atomic E-state index is 5.68. The first-order valence-electron chi connectivity index (χ1n) is 7.82. The number of aromatic nitrogens is 4. The van der Waals surface area contributed by atoms with Crippen LogP contribution in [0.25, 0.3) is 5.69 Å². The molecule has 23 heavy (non-hydrogen) atoms. The highest BCUT2D eigenvalue weighted by atomic mass is 16.5. The molecule has 1 atom stereocenters. The number of benzene rings is 1. The molecular weight excluding hydrogens is 290 g/mol. The van der Waals surface area contributed by atoms with E-state index in [-0.39, 0.29) is 6.10 Å². The van der Waals surface area contributed by atoms with E-state index >= 15 is 0 Å². The topological polar surface area (TPSA) is 67.8 Å². The minimum absolute atomic E-state index is 0.151. The Labute approximate surface area is 134 Å². The molecule has 0 aliphatic carbocycles. The second kappa shape index (κ2) is 5.89. The molecule has 0 radical (unpaired) electrons. The van der Waals surface area contributed by atoms with Crippen LogP contribution in [0.1, 0.15) is 30.2 Å². The van der Waals surface area contributed by atoms with E-state index in [0.29, 0.717) is 0 Å².